The van der Waals surface area contributed by atoms with Crippen LogP contribution in [0.5, 0.6) is 0 Å². The third kappa shape index (κ3) is 4.05. The first-order valence-electron chi connectivity index (χ1n) is 8.64. The largest absolute Gasteiger partial charge is 0.320 e. The second kappa shape index (κ2) is 8.14. The normalized spacial score (nSPS) is 10.0. The molecule has 2 N–H and O–H groups in total. The minimum atomic E-state index is -0.496. The van der Waals surface area contributed by atoms with E-state index < -0.39 is 11.8 Å². The van der Waals surface area contributed by atoms with Crippen LogP contribution in [-0.2, 0) is 0 Å². The maximum Gasteiger partial charge on any atom is 0.274 e. The molecule has 28 heavy (non-hydrogen) atoms. The lowest BCUT2D eigenvalue weighted by Gasteiger charge is -2.11. The van der Waals surface area contributed by atoms with Gasteiger partial charge in [0.1, 0.15) is 17.5 Å². The molecule has 1 heterocycles. The van der Waals surface area contributed by atoms with Crippen molar-refractivity contribution in [1.82, 2.24) is 4.98 Å². The van der Waals surface area contributed by atoms with E-state index in [2.05, 4.69) is 15.6 Å². The molecule has 3 aromatic rings. The quantitative estimate of drug-likeness (QED) is 0.723. The number of benzene rings is 2. The van der Waals surface area contributed by atoms with E-state index in [0.717, 1.165) is 11.1 Å². The van der Waals surface area contributed by atoms with E-state index in [4.69, 9.17) is 5.26 Å². The summed E-state index contributed by atoms with van der Waals surface area (Å²) < 4.78 is 0. The van der Waals surface area contributed by atoms with E-state index in [1.807, 2.05) is 38.1 Å². The summed E-state index contributed by atoms with van der Waals surface area (Å²) >= 11 is 0. The van der Waals surface area contributed by atoms with Gasteiger partial charge in [-0.05, 0) is 55.3 Å². The van der Waals surface area contributed by atoms with Gasteiger partial charge in [-0.3, -0.25) is 9.59 Å². The number of anilines is 2. The molecule has 0 spiro atoms. The molecule has 0 atom stereocenters. The SMILES string of the molecule is Cc1cccc(NC(=O)c2cccc(C(=O)Nc3ccccc3C#N)n2)c1C. The zero-order valence-electron chi connectivity index (χ0n) is 15.5. The summed E-state index contributed by atoms with van der Waals surface area (Å²) in [6.07, 6.45) is 0. The second-order valence-corrected chi connectivity index (χ2v) is 6.22. The molecule has 0 saturated carbocycles. The molecule has 0 radical (unpaired) electrons. The smallest absolute Gasteiger partial charge is 0.274 e. The van der Waals surface area contributed by atoms with Crippen molar-refractivity contribution < 1.29 is 9.59 Å². The Labute approximate surface area is 162 Å². The third-order valence-electron chi connectivity index (χ3n) is 4.36. The van der Waals surface area contributed by atoms with E-state index in [-0.39, 0.29) is 11.4 Å². The van der Waals surface area contributed by atoms with E-state index >= 15 is 0 Å². The first-order valence-corrected chi connectivity index (χ1v) is 8.64. The highest BCUT2D eigenvalue weighted by molar-refractivity contribution is 6.06. The minimum absolute atomic E-state index is 0.0846. The lowest BCUT2D eigenvalue weighted by Crippen LogP contribution is -2.19. The van der Waals surface area contributed by atoms with Gasteiger partial charge in [-0.15, -0.1) is 0 Å². The molecule has 0 aliphatic carbocycles. The Hall–Kier alpha value is -3.98. The van der Waals surface area contributed by atoms with Gasteiger partial charge in [0.2, 0.25) is 0 Å². The fraction of sp³-hybridized carbons (Fsp3) is 0.0909. The molecule has 0 bridgehead atoms. The molecule has 2 amide bonds. The summed E-state index contributed by atoms with van der Waals surface area (Å²) in [5.41, 5.74) is 3.68. The van der Waals surface area contributed by atoms with E-state index in [0.29, 0.717) is 16.9 Å². The number of hydrogen-bond donors (Lipinski definition) is 2. The molecule has 0 saturated heterocycles. The van der Waals surface area contributed by atoms with Gasteiger partial charge in [-0.1, -0.05) is 30.3 Å². The molecule has 0 aliphatic rings. The van der Waals surface area contributed by atoms with Crippen LogP contribution in [0, 0.1) is 25.2 Å². The Morgan fingerprint density at radius 2 is 1.39 bits per heavy atom. The maximum absolute atomic E-state index is 12.6. The molecule has 6 heteroatoms. The van der Waals surface area contributed by atoms with E-state index in [1.165, 1.54) is 6.07 Å². The van der Waals surface area contributed by atoms with E-state index in [1.54, 1.807) is 36.4 Å². The Balaban J connectivity index is 1.80. The van der Waals surface area contributed by atoms with Gasteiger partial charge in [0.15, 0.2) is 0 Å². The van der Waals surface area contributed by atoms with Gasteiger partial charge in [-0.2, -0.15) is 5.26 Å². The van der Waals surface area contributed by atoms with Crippen LogP contribution in [0.3, 0.4) is 0 Å². The molecule has 2 aromatic carbocycles. The van der Waals surface area contributed by atoms with Crippen molar-refractivity contribution in [3.8, 4) is 6.07 Å². The number of nitrogens with one attached hydrogen (secondary N) is 2. The summed E-state index contributed by atoms with van der Waals surface area (Å²) in [6, 6.07) is 19.0. The fourth-order valence-corrected chi connectivity index (χ4v) is 2.64. The van der Waals surface area contributed by atoms with Gasteiger partial charge in [0, 0.05) is 5.69 Å². The van der Waals surface area contributed by atoms with Gasteiger partial charge < -0.3 is 10.6 Å². The lowest BCUT2D eigenvalue weighted by molar-refractivity contribution is 0.101. The predicted octanol–water partition coefficient (Wildman–Crippen LogP) is 4.07. The molecule has 6 nitrogen and oxygen atoms in total. The number of nitriles is 1. The summed E-state index contributed by atoms with van der Waals surface area (Å²) in [4.78, 5) is 29.2. The maximum atomic E-state index is 12.6. The number of aromatic nitrogens is 1. The second-order valence-electron chi connectivity index (χ2n) is 6.22. The summed E-state index contributed by atoms with van der Waals surface area (Å²) in [7, 11) is 0. The number of rotatable bonds is 4. The topological polar surface area (TPSA) is 94.9 Å². The average molecular weight is 370 g/mol. The summed E-state index contributed by atoms with van der Waals surface area (Å²) in [5, 5.41) is 14.6. The highest BCUT2D eigenvalue weighted by Gasteiger charge is 2.15. The average Bonchev–Trinajstić information content (AvgIpc) is 2.72. The number of nitrogens with zero attached hydrogens (tertiary/aromatic N) is 2. The highest BCUT2D eigenvalue weighted by Crippen LogP contribution is 2.19. The molecule has 3 rings (SSSR count). The van der Waals surface area contributed by atoms with Gasteiger partial charge in [0.05, 0.1) is 11.3 Å². The molecule has 0 unspecified atom stereocenters. The third-order valence-corrected chi connectivity index (χ3v) is 4.36. The summed E-state index contributed by atoms with van der Waals surface area (Å²) in [5.74, 6) is -0.898. The van der Waals surface area contributed by atoms with Crippen molar-refractivity contribution in [2.45, 2.75) is 13.8 Å². The van der Waals surface area contributed by atoms with Crippen molar-refractivity contribution in [2.75, 3.05) is 10.6 Å². The highest BCUT2D eigenvalue weighted by atomic mass is 16.2. The number of carbonyl (C=O) groups excluding carboxylic acids is 2. The number of pyridine rings is 1. The van der Waals surface area contributed by atoms with Crippen LogP contribution in [-0.4, -0.2) is 16.8 Å². The first kappa shape index (κ1) is 18.8. The number of hydrogen-bond acceptors (Lipinski definition) is 4. The summed E-state index contributed by atoms with van der Waals surface area (Å²) in [6.45, 7) is 3.89. The van der Waals surface area contributed by atoms with Crippen molar-refractivity contribution in [2.24, 2.45) is 0 Å². The zero-order chi connectivity index (χ0) is 20.1. The molecule has 0 aliphatic heterocycles. The Morgan fingerprint density at radius 3 is 2.07 bits per heavy atom. The Kier molecular flexibility index (Phi) is 5.47. The van der Waals surface area contributed by atoms with Crippen molar-refractivity contribution in [3.63, 3.8) is 0 Å². The number of aryl methyl sites for hydroxylation is 1. The van der Waals surface area contributed by atoms with Crippen molar-refractivity contribution in [3.05, 3.63) is 88.7 Å². The van der Waals surface area contributed by atoms with Crippen molar-refractivity contribution in [1.29, 1.82) is 5.26 Å². The predicted molar refractivity (Wildman–Crippen MR) is 107 cm³/mol. The number of carbonyl (C=O) groups is 2. The molecular formula is C22H18N4O2. The molecule has 138 valence electrons. The van der Waals surface area contributed by atoms with Crippen LogP contribution >= 0.6 is 0 Å². The Bertz CT molecular complexity index is 1100. The standard InChI is InChI=1S/C22H18N4O2/c1-14-7-5-10-17(15(14)2)25-21(27)19-11-6-12-20(24-19)22(28)26-18-9-4-3-8-16(18)13-23/h3-12H,1-2H3,(H,25,27)(H,26,28). The van der Waals surface area contributed by atoms with Gasteiger partial charge >= 0.3 is 0 Å². The Morgan fingerprint density at radius 1 is 0.821 bits per heavy atom. The molecule has 1 aromatic heterocycles. The first-order chi connectivity index (χ1) is 13.5. The molecule has 0 fully saturated rings. The zero-order valence-corrected chi connectivity index (χ0v) is 15.5. The van der Waals surface area contributed by atoms with Crippen LogP contribution in [0.15, 0.2) is 60.7 Å². The fourth-order valence-electron chi connectivity index (χ4n) is 2.64. The van der Waals surface area contributed by atoms with Crippen LogP contribution in [0.25, 0.3) is 0 Å². The van der Waals surface area contributed by atoms with Crippen molar-refractivity contribution >= 4 is 23.2 Å². The van der Waals surface area contributed by atoms with E-state index in [9.17, 15) is 9.59 Å². The van der Waals surface area contributed by atoms with Crippen LogP contribution in [0.1, 0.15) is 37.7 Å². The number of para-hydroxylation sites is 1. The van der Waals surface area contributed by atoms with Gasteiger partial charge in [0.25, 0.3) is 11.8 Å². The van der Waals surface area contributed by atoms with Crippen LogP contribution in [0.2, 0.25) is 0 Å². The minimum Gasteiger partial charge on any atom is -0.320 e. The number of amides is 2. The van der Waals surface area contributed by atoms with Crippen LogP contribution < -0.4 is 10.6 Å². The van der Waals surface area contributed by atoms with Gasteiger partial charge in [-0.25, -0.2) is 4.98 Å². The molecular weight excluding hydrogens is 352 g/mol. The van der Waals surface area contributed by atoms with Crippen LogP contribution in [0.4, 0.5) is 11.4 Å². The monoisotopic (exact) mass is 370 g/mol. The lowest BCUT2D eigenvalue weighted by atomic mass is 10.1.